The standard InChI is InChI=1S/C11H23NO2/c1-12-10(8-13-2)9-14-11-6-4-3-5-7-11/h10-12H,3-9H2,1-2H3. The Labute approximate surface area is 87.2 Å². The van der Waals surface area contributed by atoms with E-state index < -0.39 is 0 Å². The number of likely N-dealkylation sites (N-methyl/N-ethyl adjacent to an activating group) is 1. The molecule has 0 amide bonds. The van der Waals surface area contributed by atoms with E-state index in [9.17, 15) is 0 Å². The molecule has 0 heterocycles. The summed E-state index contributed by atoms with van der Waals surface area (Å²) in [7, 11) is 3.68. The van der Waals surface area contributed by atoms with Crippen LogP contribution in [-0.2, 0) is 9.47 Å². The van der Waals surface area contributed by atoms with E-state index in [4.69, 9.17) is 9.47 Å². The van der Waals surface area contributed by atoms with Crippen molar-refractivity contribution in [3.63, 3.8) is 0 Å². The van der Waals surface area contributed by atoms with Crippen LogP contribution < -0.4 is 5.32 Å². The van der Waals surface area contributed by atoms with E-state index in [1.165, 1.54) is 32.1 Å². The van der Waals surface area contributed by atoms with Gasteiger partial charge in [-0.25, -0.2) is 0 Å². The predicted octanol–water partition coefficient (Wildman–Crippen LogP) is 1.57. The van der Waals surface area contributed by atoms with E-state index in [1.807, 2.05) is 7.05 Å². The van der Waals surface area contributed by atoms with E-state index in [1.54, 1.807) is 7.11 Å². The Balaban J connectivity index is 2.10. The zero-order chi connectivity index (χ0) is 10.2. The molecular formula is C11H23NO2. The highest BCUT2D eigenvalue weighted by molar-refractivity contribution is 4.68. The van der Waals surface area contributed by atoms with Crippen LogP contribution in [0.25, 0.3) is 0 Å². The summed E-state index contributed by atoms with van der Waals surface area (Å²) in [6.07, 6.45) is 7.02. The lowest BCUT2D eigenvalue weighted by Gasteiger charge is -2.24. The number of rotatable bonds is 6. The van der Waals surface area contributed by atoms with Gasteiger partial charge in [-0.2, -0.15) is 0 Å². The Morgan fingerprint density at radius 3 is 2.50 bits per heavy atom. The fourth-order valence-electron chi connectivity index (χ4n) is 1.90. The van der Waals surface area contributed by atoms with Gasteiger partial charge in [-0.1, -0.05) is 19.3 Å². The number of nitrogens with one attached hydrogen (secondary N) is 1. The topological polar surface area (TPSA) is 30.5 Å². The summed E-state index contributed by atoms with van der Waals surface area (Å²) in [4.78, 5) is 0. The second-order valence-corrected chi connectivity index (χ2v) is 4.03. The summed E-state index contributed by atoms with van der Waals surface area (Å²) in [5.41, 5.74) is 0. The van der Waals surface area contributed by atoms with Gasteiger partial charge in [0.1, 0.15) is 0 Å². The molecule has 0 spiro atoms. The molecule has 1 saturated carbocycles. The van der Waals surface area contributed by atoms with Crippen molar-refractivity contribution in [2.45, 2.75) is 44.2 Å². The zero-order valence-electron chi connectivity index (χ0n) is 9.42. The van der Waals surface area contributed by atoms with Crippen molar-refractivity contribution in [2.24, 2.45) is 0 Å². The summed E-state index contributed by atoms with van der Waals surface area (Å²) in [6.45, 7) is 1.50. The maximum atomic E-state index is 5.85. The van der Waals surface area contributed by atoms with Crippen LogP contribution in [0, 0.1) is 0 Å². The van der Waals surface area contributed by atoms with Crippen molar-refractivity contribution >= 4 is 0 Å². The van der Waals surface area contributed by atoms with Gasteiger partial charge in [-0.15, -0.1) is 0 Å². The molecule has 0 bridgehead atoms. The smallest absolute Gasteiger partial charge is 0.0645 e. The minimum atomic E-state index is 0.335. The number of hydrogen-bond acceptors (Lipinski definition) is 3. The first kappa shape index (κ1) is 12.0. The minimum absolute atomic E-state index is 0.335. The van der Waals surface area contributed by atoms with Gasteiger partial charge < -0.3 is 14.8 Å². The van der Waals surface area contributed by atoms with Gasteiger partial charge in [0.2, 0.25) is 0 Å². The van der Waals surface area contributed by atoms with Gasteiger partial charge in [0.15, 0.2) is 0 Å². The molecule has 0 aromatic carbocycles. The van der Waals surface area contributed by atoms with Crippen LogP contribution in [0.3, 0.4) is 0 Å². The highest BCUT2D eigenvalue weighted by atomic mass is 16.5. The van der Waals surface area contributed by atoms with E-state index in [-0.39, 0.29) is 0 Å². The summed E-state index contributed by atoms with van der Waals surface area (Å²) in [6, 6.07) is 0.335. The second-order valence-electron chi connectivity index (χ2n) is 4.03. The first-order valence-electron chi connectivity index (χ1n) is 5.64. The molecule has 0 aliphatic heterocycles. The predicted molar refractivity (Wildman–Crippen MR) is 57.5 cm³/mol. The average molecular weight is 201 g/mol. The Morgan fingerprint density at radius 1 is 1.21 bits per heavy atom. The molecule has 14 heavy (non-hydrogen) atoms. The lowest BCUT2D eigenvalue weighted by atomic mass is 9.98. The van der Waals surface area contributed by atoms with Gasteiger partial charge in [0.25, 0.3) is 0 Å². The second kappa shape index (κ2) is 7.21. The molecule has 84 valence electrons. The fourth-order valence-corrected chi connectivity index (χ4v) is 1.90. The van der Waals surface area contributed by atoms with E-state index >= 15 is 0 Å². The first-order valence-corrected chi connectivity index (χ1v) is 5.64. The highest BCUT2D eigenvalue weighted by Gasteiger charge is 2.15. The Kier molecular flexibility index (Phi) is 6.15. The molecule has 1 atom stereocenters. The van der Waals surface area contributed by atoms with Crippen LogP contribution in [0.4, 0.5) is 0 Å². The molecule has 3 heteroatoms. The summed E-state index contributed by atoms with van der Waals surface area (Å²) in [5, 5.41) is 3.19. The summed E-state index contributed by atoms with van der Waals surface area (Å²) < 4.78 is 10.9. The summed E-state index contributed by atoms with van der Waals surface area (Å²) >= 11 is 0. The lowest BCUT2D eigenvalue weighted by Crippen LogP contribution is -2.36. The third-order valence-corrected chi connectivity index (χ3v) is 2.86. The summed E-state index contributed by atoms with van der Waals surface area (Å²) in [5.74, 6) is 0. The van der Waals surface area contributed by atoms with Gasteiger partial charge in [-0.3, -0.25) is 0 Å². The number of hydrogen-bond donors (Lipinski definition) is 1. The quantitative estimate of drug-likeness (QED) is 0.707. The monoisotopic (exact) mass is 201 g/mol. The molecule has 1 N–H and O–H groups in total. The molecule has 3 nitrogen and oxygen atoms in total. The van der Waals surface area contributed by atoms with Gasteiger partial charge in [-0.05, 0) is 19.9 Å². The van der Waals surface area contributed by atoms with Crippen LogP contribution in [0.2, 0.25) is 0 Å². The van der Waals surface area contributed by atoms with E-state index in [2.05, 4.69) is 5.32 Å². The zero-order valence-corrected chi connectivity index (χ0v) is 9.42. The molecule has 0 aromatic heterocycles. The highest BCUT2D eigenvalue weighted by Crippen LogP contribution is 2.20. The maximum absolute atomic E-state index is 5.85. The van der Waals surface area contributed by atoms with Crippen LogP contribution in [-0.4, -0.2) is 39.5 Å². The van der Waals surface area contributed by atoms with Gasteiger partial charge >= 0.3 is 0 Å². The van der Waals surface area contributed by atoms with E-state index in [0.29, 0.717) is 12.1 Å². The van der Waals surface area contributed by atoms with Gasteiger partial charge in [0.05, 0.1) is 25.4 Å². The lowest BCUT2D eigenvalue weighted by molar-refractivity contribution is 0.00430. The normalized spacial score (nSPS) is 21.0. The van der Waals surface area contributed by atoms with Crippen LogP contribution in [0.1, 0.15) is 32.1 Å². The molecule has 1 fully saturated rings. The van der Waals surface area contributed by atoms with Crippen molar-refractivity contribution in [1.82, 2.24) is 5.32 Å². The van der Waals surface area contributed by atoms with Crippen LogP contribution in [0.5, 0.6) is 0 Å². The van der Waals surface area contributed by atoms with Crippen molar-refractivity contribution in [1.29, 1.82) is 0 Å². The van der Waals surface area contributed by atoms with Crippen LogP contribution >= 0.6 is 0 Å². The first-order chi connectivity index (χ1) is 6.86. The molecule has 0 aromatic rings. The van der Waals surface area contributed by atoms with Crippen LogP contribution in [0.15, 0.2) is 0 Å². The molecule has 0 radical (unpaired) electrons. The largest absolute Gasteiger partial charge is 0.383 e. The Bertz CT molecular complexity index is 130. The molecule has 1 rings (SSSR count). The van der Waals surface area contributed by atoms with E-state index in [0.717, 1.165) is 13.2 Å². The van der Waals surface area contributed by atoms with Crippen molar-refractivity contribution in [3.05, 3.63) is 0 Å². The van der Waals surface area contributed by atoms with Crippen molar-refractivity contribution < 1.29 is 9.47 Å². The minimum Gasteiger partial charge on any atom is -0.383 e. The maximum Gasteiger partial charge on any atom is 0.0645 e. The molecular weight excluding hydrogens is 178 g/mol. The number of ether oxygens (including phenoxy) is 2. The van der Waals surface area contributed by atoms with Crippen molar-refractivity contribution in [2.75, 3.05) is 27.4 Å². The SMILES string of the molecule is CNC(COC)COC1CCCCC1. The Morgan fingerprint density at radius 2 is 1.93 bits per heavy atom. The third kappa shape index (κ3) is 4.40. The fraction of sp³-hybridized carbons (Fsp3) is 1.00. The molecule has 0 saturated heterocycles. The third-order valence-electron chi connectivity index (χ3n) is 2.86. The van der Waals surface area contributed by atoms with Crippen molar-refractivity contribution in [3.8, 4) is 0 Å². The molecule has 1 unspecified atom stereocenters. The van der Waals surface area contributed by atoms with Gasteiger partial charge in [0, 0.05) is 7.11 Å². The average Bonchev–Trinajstić information content (AvgIpc) is 2.25. The number of methoxy groups -OCH3 is 1. The molecule has 1 aliphatic carbocycles. The Hall–Kier alpha value is -0.120. The molecule has 1 aliphatic rings.